The first-order chi connectivity index (χ1) is 9.02. The van der Waals surface area contributed by atoms with Crippen LogP contribution in [0.2, 0.25) is 0 Å². The molecule has 0 radical (unpaired) electrons. The highest BCUT2D eigenvalue weighted by molar-refractivity contribution is 5.85. The van der Waals surface area contributed by atoms with E-state index in [1.165, 1.54) is 12.1 Å². The number of allylic oxidation sites excluding steroid dienone is 1. The number of carbonyl (C=O) groups is 1. The summed E-state index contributed by atoms with van der Waals surface area (Å²) in [6.45, 7) is 4.24. The quantitative estimate of drug-likeness (QED) is 0.809. The number of carboxylic acids is 1. The summed E-state index contributed by atoms with van der Waals surface area (Å²) >= 11 is 0. The molecular formula is C14H15FN2O2. The van der Waals surface area contributed by atoms with Gasteiger partial charge in [0.25, 0.3) is 0 Å². The number of nitrogens with zero attached hydrogens (tertiary/aromatic N) is 1. The average Bonchev–Trinajstić information content (AvgIpc) is 2.67. The second-order valence-corrected chi connectivity index (χ2v) is 4.41. The second kappa shape index (κ2) is 5.24. The Balaban J connectivity index is 2.50. The van der Waals surface area contributed by atoms with E-state index in [0.717, 1.165) is 11.1 Å². The zero-order chi connectivity index (χ0) is 14.0. The number of hydrogen-bond donors (Lipinski definition) is 2. The number of nitrogens with two attached hydrogens (primary N) is 1. The largest absolute Gasteiger partial charge is 0.480 e. The number of carboxylic acid groups (broad SMARTS) is 1. The van der Waals surface area contributed by atoms with Gasteiger partial charge in [-0.15, -0.1) is 6.58 Å². The van der Waals surface area contributed by atoms with Crippen LogP contribution in [0.4, 0.5) is 4.39 Å². The maximum absolute atomic E-state index is 13.3. The topological polar surface area (TPSA) is 68.2 Å². The Bertz CT molecular complexity index is 634. The minimum Gasteiger partial charge on any atom is -0.480 e. The average molecular weight is 262 g/mol. The lowest BCUT2D eigenvalue weighted by atomic mass is 10.1. The van der Waals surface area contributed by atoms with Crippen molar-refractivity contribution >= 4 is 16.9 Å². The van der Waals surface area contributed by atoms with Crippen molar-refractivity contribution in [1.29, 1.82) is 0 Å². The third-order valence-electron chi connectivity index (χ3n) is 3.01. The van der Waals surface area contributed by atoms with Gasteiger partial charge in [0, 0.05) is 30.1 Å². The summed E-state index contributed by atoms with van der Waals surface area (Å²) in [4.78, 5) is 10.8. The highest BCUT2D eigenvalue weighted by Crippen LogP contribution is 2.23. The van der Waals surface area contributed by atoms with E-state index in [9.17, 15) is 9.18 Å². The van der Waals surface area contributed by atoms with E-state index in [1.807, 2.05) is 4.57 Å². The Morgan fingerprint density at radius 2 is 2.32 bits per heavy atom. The summed E-state index contributed by atoms with van der Waals surface area (Å²) in [6.07, 6.45) is 3.69. The van der Waals surface area contributed by atoms with Crippen LogP contribution in [0.15, 0.2) is 37.1 Å². The highest BCUT2D eigenvalue weighted by atomic mass is 19.1. The zero-order valence-corrected chi connectivity index (χ0v) is 10.3. The Morgan fingerprint density at radius 3 is 2.95 bits per heavy atom. The number of halogens is 1. The summed E-state index contributed by atoms with van der Waals surface area (Å²) < 4.78 is 15.2. The van der Waals surface area contributed by atoms with E-state index < -0.39 is 12.0 Å². The zero-order valence-electron chi connectivity index (χ0n) is 10.3. The normalized spacial score (nSPS) is 12.5. The third-order valence-corrected chi connectivity index (χ3v) is 3.01. The molecule has 1 aromatic carbocycles. The number of hydrogen-bond acceptors (Lipinski definition) is 2. The van der Waals surface area contributed by atoms with Crippen LogP contribution in [0.1, 0.15) is 5.56 Å². The minimum atomic E-state index is -1.07. The van der Waals surface area contributed by atoms with Gasteiger partial charge in [-0.25, -0.2) is 4.39 Å². The molecule has 19 heavy (non-hydrogen) atoms. The van der Waals surface area contributed by atoms with Crippen LogP contribution in [0.3, 0.4) is 0 Å². The van der Waals surface area contributed by atoms with Crippen LogP contribution >= 0.6 is 0 Å². The fraction of sp³-hybridized carbons (Fsp3) is 0.214. The van der Waals surface area contributed by atoms with E-state index in [-0.39, 0.29) is 12.2 Å². The summed E-state index contributed by atoms with van der Waals surface area (Å²) in [5, 5.41) is 9.55. The number of fused-ring (bicyclic) bond motifs is 1. The fourth-order valence-corrected chi connectivity index (χ4v) is 2.12. The molecule has 0 amide bonds. The van der Waals surface area contributed by atoms with Crippen LogP contribution in [0, 0.1) is 5.82 Å². The van der Waals surface area contributed by atoms with Gasteiger partial charge in [0.05, 0.1) is 0 Å². The lowest BCUT2D eigenvalue weighted by Gasteiger charge is -2.04. The van der Waals surface area contributed by atoms with Crippen LogP contribution in [-0.2, 0) is 17.8 Å². The predicted molar refractivity (Wildman–Crippen MR) is 71.4 cm³/mol. The maximum atomic E-state index is 13.3. The molecule has 2 aromatic rings. The van der Waals surface area contributed by atoms with E-state index in [0.29, 0.717) is 11.9 Å². The van der Waals surface area contributed by atoms with E-state index in [2.05, 4.69) is 6.58 Å². The summed E-state index contributed by atoms with van der Waals surface area (Å²) in [5.74, 6) is -1.42. The minimum absolute atomic E-state index is 0.166. The number of aromatic nitrogens is 1. The van der Waals surface area contributed by atoms with Crippen molar-refractivity contribution in [2.24, 2.45) is 5.73 Å². The summed E-state index contributed by atoms with van der Waals surface area (Å²) in [7, 11) is 0. The van der Waals surface area contributed by atoms with Gasteiger partial charge in [-0.05, 0) is 23.8 Å². The molecule has 100 valence electrons. The molecule has 0 aliphatic carbocycles. The first-order valence-corrected chi connectivity index (χ1v) is 5.89. The van der Waals surface area contributed by atoms with Gasteiger partial charge in [-0.3, -0.25) is 4.79 Å². The monoisotopic (exact) mass is 262 g/mol. The van der Waals surface area contributed by atoms with Gasteiger partial charge in [0.15, 0.2) is 0 Å². The lowest BCUT2D eigenvalue weighted by Crippen LogP contribution is -2.32. The number of benzene rings is 1. The van der Waals surface area contributed by atoms with Gasteiger partial charge in [-0.2, -0.15) is 0 Å². The standard InChI is InChI=1S/C14H15FN2O2/c1-2-5-17-8-9(6-12(16)14(18)19)11-7-10(15)3-4-13(11)17/h2-4,7-8,12H,1,5-6,16H2,(H,18,19)/t12-/m1/s1. The SMILES string of the molecule is C=CCn1cc(C[C@@H](N)C(=O)O)c2cc(F)ccc21. The third kappa shape index (κ3) is 2.66. The molecule has 1 atom stereocenters. The van der Waals surface area contributed by atoms with Gasteiger partial charge in [-0.1, -0.05) is 6.08 Å². The molecule has 0 spiro atoms. The van der Waals surface area contributed by atoms with Crippen molar-refractivity contribution < 1.29 is 14.3 Å². The molecule has 0 aliphatic rings. The smallest absolute Gasteiger partial charge is 0.320 e. The first kappa shape index (κ1) is 13.3. The van der Waals surface area contributed by atoms with Crippen LogP contribution in [-0.4, -0.2) is 21.7 Å². The van der Waals surface area contributed by atoms with Crippen LogP contribution < -0.4 is 5.73 Å². The van der Waals surface area contributed by atoms with E-state index in [4.69, 9.17) is 10.8 Å². The Kier molecular flexibility index (Phi) is 3.66. The highest BCUT2D eigenvalue weighted by Gasteiger charge is 2.16. The Labute approximate surface area is 109 Å². The van der Waals surface area contributed by atoms with E-state index in [1.54, 1.807) is 18.3 Å². The summed E-state index contributed by atoms with van der Waals surface area (Å²) in [6, 6.07) is 3.46. The summed E-state index contributed by atoms with van der Waals surface area (Å²) in [5.41, 5.74) is 7.11. The van der Waals surface area contributed by atoms with Gasteiger partial charge >= 0.3 is 5.97 Å². The number of aliphatic carboxylic acids is 1. The molecule has 0 saturated carbocycles. The predicted octanol–water partition coefficient (Wildman–Crippen LogP) is 1.92. The molecule has 0 unspecified atom stereocenters. The Morgan fingerprint density at radius 1 is 1.58 bits per heavy atom. The van der Waals surface area contributed by atoms with Crippen LogP contribution in [0.5, 0.6) is 0 Å². The second-order valence-electron chi connectivity index (χ2n) is 4.41. The molecule has 0 bridgehead atoms. The number of rotatable bonds is 5. The molecule has 4 nitrogen and oxygen atoms in total. The molecule has 1 heterocycles. The van der Waals surface area contributed by atoms with Gasteiger partial charge < -0.3 is 15.4 Å². The molecule has 3 N–H and O–H groups in total. The van der Waals surface area contributed by atoms with E-state index >= 15 is 0 Å². The lowest BCUT2D eigenvalue weighted by molar-refractivity contribution is -0.138. The van der Waals surface area contributed by atoms with Crippen LogP contribution in [0.25, 0.3) is 10.9 Å². The van der Waals surface area contributed by atoms with Crippen molar-refractivity contribution in [2.75, 3.05) is 0 Å². The molecule has 5 heteroatoms. The maximum Gasteiger partial charge on any atom is 0.320 e. The fourth-order valence-electron chi connectivity index (χ4n) is 2.12. The van der Waals surface area contributed by atoms with Crippen molar-refractivity contribution in [3.05, 3.63) is 48.4 Å². The molecule has 2 rings (SSSR count). The molecule has 1 aromatic heterocycles. The van der Waals surface area contributed by atoms with Crippen molar-refractivity contribution in [2.45, 2.75) is 19.0 Å². The van der Waals surface area contributed by atoms with Crippen molar-refractivity contribution in [1.82, 2.24) is 4.57 Å². The molecular weight excluding hydrogens is 247 g/mol. The molecule has 0 fully saturated rings. The molecule has 0 aliphatic heterocycles. The van der Waals surface area contributed by atoms with Gasteiger partial charge in [0.1, 0.15) is 11.9 Å². The van der Waals surface area contributed by atoms with Crippen molar-refractivity contribution in [3.63, 3.8) is 0 Å². The first-order valence-electron chi connectivity index (χ1n) is 5.89. The van der Waals surface area contributed by atoms with Gasteiger partial charge in [0.2, 0.25) is 0 Å². The Hall–Kier alpha value is -2.14. The molecule has 0 saturated heterocycles. The van der Waals surface area contributed by atoms with Crippen molar-refractivity contribution in [3.8, 4) is 0 Å².